The van der Waals surface area contributed by atoms with Gasteiger partial charge in [-0.3, -0.25) is 4.79 Å². The van der Waals surface area contributed by atoms with E-state index in [0.717, 1.165) is 50.4 Å². The van der Waals surface area contributed by atoms with Crippen LogP contribution in [0.2, 0.25) is 0 Å². The Morgan fingerprint density at radius 2 is 2.12 bits per heavy atom. The molecular weight excluding hydrogens is 332 g/mol. The minimum atomic E-state index is -0.0554. The Morgan fingerprint density at radius 1 is 1.23 bits per heavy atom. The number of hydrogen-bond donors (Lipinski definition) is 0. The fourth-order valence-corrected chi connectivity index (χ4v) is 3.88. The van der Waals surface area contributed by atoms with Gasteiger partial charge < -0.3 is 14.5 Å². The number of nitrogens with zero attached hydrogens (tertiary/aromatic N) is 6. The summed E-state index contributed by atoms with van der Waals surface area (Å²) in [4.78, 5) is 16.7. The molecule has 0 saturated carbocycles. The number of carbonyl (C=O) groups is 1. The van der Waals surface area contributed by atoms with Gasteiger partial charge >= 0.3 is 0 Å². The maximum atomic E-state index is 12.7. The van der Waals surface area contributed by atoms with Crippen molar-refractivity contribution in [1.29, 1.82) is 0 Å². The van der Waals surface area contributed by atoms with Crippen molar-refractivity contribution in [2.45, 2.75) is 38.3 Å². The Balaban J connectivity index is 1.24. The van der Waals surface area contributed by atoms with Crippen LogP contribution in [0.25, 0.3) is 0 Å². The number of fused-ring (bicyclic) bond motifs is 2. The van der Waals surface area contributed by atoms with Gasteiger partial charge in [0.25, 0.3) is 5.91 Å². The van der Waals surface area contributed by atoms with E-state index in [-0.39, 0.29) is 11.9 Å². The molecule has 0 N–H and O–H groups in total. The second kappa shape index (κ2) is 5.96. The number of rotatable bonds is 3. The van der Waals surface area contributed by atoms with Crippen LogP contribution in [0.15, 0.2) is 12.1 Å². The molecule has 2 aromatic rings. The van der Waals surface area contributed by atoms with Crippen molar-refractivity contribution >= 4 is 11.7 Å². The van der Waals surface area contributed by atoms with E-state index in [9.17, 15) is 4.79 Å². The van der Waals surface area contributed by atoms with E-state index in [4.69, 9.17) is 4.74 Å². The smallest absolute Gasteiger partial charge is 0.274 e. The first-order valence-corrected chi connectivity index (χ1v) is 9.27. The maximum absolute atomic E-state index is 12.7. The largest absolute Gasteiger partial charge is 0.478 e. The molecule has 3 aliphatic rings. The van der Waals surface area contributed by atoms with Crippen molar-refractivity contribution in [1.82, 2.24) is 24.9 Å². The molecule has 1 aliphatic carbocycles. The van der Waals surface area contributed by atoms with Gasteiger partial charge in [0, 0.05) is 39.2 Å². The molecule has 8 nitrogen and oxygen atoms in total. The lowest BCUT2D eigenvalue weighted by Crippen LogP contribution is -2.60. The molecule has 26 heavy (non-hydrogen) atoms. The molecule has 2 aromatic heterocycles. The van der Waals surface area contributed by atoms with E-state index >= 15 is 0 Å². The van der Waals surface area contributed by atoms with E-state index in [0.29, 0.717) is 18.2 Å². The van der Waals surface area contributed by atoms with Gasteiger partial charge in [-0.1, -0.05) is 0 Å². The summed E-state index contributed by atoms with van der Waals surface area (Å²) in [5, 5.41) is 13.1. The summed E-state index contributed by atoms with van der Waals surface area (Å²) in [5.74, 6) is 1.56. The maximum Gasteiger partial charge on any atom is 0.274 e. The van der Waals surface area contributed by atoms with Crippen LogP contribution >= 0.6 is 0 Å². The van der Waals surface area contributed by atoms with E-state index in [1.54, 1.807) is 15.6 Å². The number of hydrogen-bond acceptors (Lipinski definition) is 6. The Morgan fingerprint density at radius 3 is 2.96 bits per heavy atom. The number of anilines is 1. The lowest BCUT2D eigenvalue weighted by atomic mass is 10.1. The molecule has 2 aliphatic heterocycles. The Kier molecular flexibility index (Phi) is 3.58. The first kappa shape index (κ1) is 15.6. The lowest BCUT2D eigenvalue weighted by molar-refractivity contribution is 0.0698. The van der Waals surface area contributed by atoms with E-state index in [1.807, 2.05) is 7.05 Å². The van der Waals surface area contributed by atoms with Crippen LogP contribution in [0, 0.1) is 0 Å². The summed E-state index contributed by atoms with van der Waals surface area (Å²) in [6, 6.07) is 4.08. The monoisotopic (exact) mass is 354 g/mol. The molecule has 0 bridgehead atoms. The van der Waals surface area contributed by atoms with Gasteiger partial charge in [-0.05, 0) is 30.9 Å². The summed E-state index contributed by atoms with van der Waals surface area (Å²) in [5.41, 5.74) is 2.93. The van der Waals surface area contributed by atoms with Crippen molar-refractivity contribution in [2.75, 3.05) is 31.6 Å². The Hall–Kier alpha value is -2.64. The lowest BCUT2D eigenvalue weighted by Gasteiger charge is -2.44. The summed E-state index contributed by atoms with van der Waals surface area (Å²) >= 11 is 0. The molecule has 0 aromatic carbocycles. The number of likely N-dealkylation sites (N-methyl/N-ethyl adjacent to an activating group) is 1. The molecule has 1 fully saturated rings. The van der Waals surface area contributed by atoms with Crippen LogP contribution in [0.5, 0.6) is 5.88 Å². The fourth-order valence-electron chi connectivity index (χ4n) is 3.88. The van der Waals surface area contributed by atoms with Gasteiger partial charge in [0.2, 0.25) is 5.88 Å². The summed E-state index contributed by atoms with van der Waals surface area (Å²) in [7, 11) is 1.85. The third-order valence-electron chi connectivity index (χ3n) is 5.59. The molecule has 0 radical (unpaired) electrons. The highest BCUT2D eigenvalue weighted by Gasteiger charge is 2.35. The molecule has 0 atom stereocenters. The fraction of sp³-hybridized carbons (Fsp3) is 0.556. The van der Waals surface area contributed by atoms with Crippen LogP contribution in [0.4, 0.5) is 5.82 Å². The molecule has 136 valence electrons. The quantitative estimate of drug-likeness (QED) is 0.815. The number of amides is 1. The normalized spacial score (nSPS) is 18.7. The third-order valence-corrected chi connectivity index (χ3v) is 5.59. The van der Waals surface area contributed by atoms with Gasteiger partial charge in [0.15, 0.2) is 11.5 Å². The van der Waals surface area contributed by atoms with Crippen LogP contribution in [-0.4, -0.2) is 63.6 Å². The van der Waals surface area contributed by atoms with Crippen molar-refractivity contribution in [3.8, 4) is 5.88 Å². The zero-order valence-corrected chi connectivity index (χ0v) is 14.9. The van der Waals surface area contributed by atoms with Crippen LogP contribution in [0.1, 0.15) is 34.6 Å². The van der Waals surface area contributed by atoms with Gasteiger partial charge in [0.05, 0.1) is 18.3 Å². The molecule has 1 amide bonds. The third kappa shape index (κ3) is 2.51. The number of aromatic nitrogens is 4. The Bertz CT molecular complexity index is 834. The average Bonchev–Trinajstić information content (AvgIpc) is 3.25. The molecule has 0 spiro atoms. The van der Waals surface area contributed by atoms with Crippen molar-refractivity contribution in [2.24, 2.45) is 0 Å². The van der Waals surface area contributed by atoms with Crippen molar-refractivity contribution < 1.29 is 9.53 Å². The van der Waals surface area contributed by atoms with E-state index in [1.165, 1.54) is 12.0 Å². The predicted octanol–water partition coefficient (Wildman–Crippen LogP) is 0.905. The first-order valence-electron chi connectivity index (χ1n) is 9.27. The molecule has 1 saturated heterocycles. The first-order chi connectivity index (χ1) is 12.7. The summed E-state index contributed by atoms with van der Waals surface area (Å²) in [6.45, 7) is 3.05. The van der Waals surface area contributed by atoms with Gasteiger partial charge in [-0.2, -0.15) is 10.2 Å². The molecular formula is C18H22N6O2. The average molecular weight is 354 g/mol. The molecule has 0 unspecified atom stereocenters. The minimum absolute atomic E-state index is 0.0554. The highest BCUT2D eigenvalue weighted by Crippen LogP contribution is 2.27. The minimum Gasteiger partial charge on any atom is -0.478 e. The van der Waals surface area contributed by atoms with E-state index in [2.05, 4.69) is 26.3 Å². The van der Waals surface area contributed by atoms with Gasteiger partial charge in [-0.25, -0.2) is 4.68 Å². The topological polar surface area (TPSA) is 76.4 Å². The number of aryl methyl sites for hydroxylation is 3. The summed E-state index contributed by atoms with van der Waals surface area (Å²) < 4.78 is 7.33. The second-order valence-electron chi connectivity index (χ2n) is 7.30. The van der Waals surface area contributed by atoms with Crippen molar-refractivity contribution in [3.63, 3.8) is 0 Å². The van der Waals surface area contributed by atoms with Crippen LogP contribution < -0.4 is 9.64 Å². The van der Waals surface area contributed by atoms with Crippen LogP contribution in [0.3, 0.4) is 0 Å². The number of ether oxygens (including phenoxy) is 1. The SMILES string of the molecule is CN(C(=O)c1cc2n(n1)CCCO2)C1CN(c2cc3c(nn2)CCC3)C1. The standard InChI is InChI=1S/C18H22N6O2/c1-22(18(25)15-9-17-24(21-15)6-3-7-26-17)13-10-23(11-13)16-8-12-4-2-5-14(12)19-20-16/h8-9,13H,2-7,10-11H2,1H3. The highest BCUT2D eigenvalue weighted by atomic mass is 16.5. The zero-order valence-electron chi connectivity index (χ0n) is 14.9. The van der Waals surface area contributed by atoms with E-state index < -0.39 is 0 Å². The Labute approximate surface area is 151 Å². The van der Waals surface area contributed by atoms with Crippen LogP contribution in [-0.2, 0) is 19.4 Å². The summed E-state index contributed by atoms with van der Waals surface area (Å²) in [6.07, 6.45) is 4.24. The molecule has 4 heterocycles. The molecule has 5 rings (SSSR count). The van der Waals surface area contributed by atoms with Gasteiger partial charge in [0.1, 0.15) is 0 Å². The second-order valence-corrected chi connectivity index (χ2v) is 7.30. The predicted molar refractivity (Wildman–Crippen MR) is 94.5 cm³/mol. The van der Waals surface area contributed by atoms with Crippen molar-refractivity contribution in [3.05, 3.63) is 29.1 Å². The zero-order chi connectivity index (χ0) is 17.7. The highest BCUT2D eigenvalue weighted by molar-refractivity contribution is 5.93. The molecule has 8 heteroatoms. The number of carbonyl (C=O) groups excluding carboxylic acids is 1. The van der Waals surface area contributed by atoms with Gasteiger partial charge in [-0.15, -0.1) is 5.10 Å².